The Morgan fingerprint density at radius 1 is 1.34 bits per heavy atom. The van der Waals surface area contributed by atoms with Crippen LogP contribution in [0.25, 0.3) is 16.9 Å². The van der Waals surface area contributed by atoms with E-state index < -0.39 is 0 Å². The predicted octanol–water partition coefficient (Wildman–Crippen LogP) is 2.17. The van der Waals surface area contributed by atoms with Crippen LogP contribution in [0.5, 0.6) is 0 Å². The average molecular weight is 391 g/mol. The van der Waals surface area contributed by atoms with Crippen LogP contribution in [0.3, 0.4) is 0 Å². The zero-order valence-corrected chi connectivity index (χ0v) is 16.2. The van der Waals surface area contributed by atoms with Crippen LogP contribution >= 0.6 is 0 Å². The molecule has 0 radical (unpaired) electrons. The largest absolute Gasteiger partial charge is 0.385 e. The number of hydrogen-bond donors (Lipinski definition) is 2. The van der Waals surface area contributed by atoms with Crippen molar-refractivity contribution in [2.75, 3.05) is 20.3 Å². The molecule has 0 aliphatic heterocycles. The van der Waals surface area contributed by atoms with Gasteiger partial charge in [-0.2, -0.15) is 5.26 Å². The van der Waals surface area contributed by atoms with Crippen LogP contribution in [0.2, 0.25) is 0 Å². The summed E-state index contributed by atoms with van der Waals surface area (Å²) in [6, 6.07) is 10.6. The second-order valence-corrected chi connectivity index (χ2v) is 6.48. The second-order valence-electron chi connectivity index (χ2n) is 6.48. The van der Waals surface area contributed by atoms with Gasteiger partial charge in [-0.15, -0.1) is 0 Å². The Bertz CT molecular complexity index is 1110. The SMILES string of the molecule is COCCCNC(=O)c1ccc(-n2[nH]cc(-c3ccc(C#N)c(C)c3)c2=O)nc1. The highest BCUT2D eigenvalue weighted by Gasteiger charge is 2.13. The molecule has 2 aromatic heterocycles. The molecular weight excluding hydrogens is 370 g/mol. The summed E-state index contributed by atoms with van der Waals surface area (Å²) in [4.78, 5) is 29.1. The van der Waals surface area contributed by atoms with E-state index >= 15 is 0 Å². The first-order chi connectivity index (χ1) is 14.0. The molecule has 0 aliphatic carbocycles. The summed E-state index contributed by atoms with van der Waals surface area (Å²) in [7, 11) is 1.61. The molecule has 0 aliphatic rings. The number of nitrogens with zero attached hydrogens (tertiary/aromatic N) is 3. The molecule has 0 spiro atoms. The van der Waals surface area contributed by atoms with Gasteiger partial charge in [-0.05, 0) is 48.7 Å². The van der Waals surface area contributed by atoms with Crippen LogP contribution in [0.15, 0.2) is 47.5 Å². The van der Waals surface area contributed by atoms with Crippen molar-refractivity contribution in [2.45, 2.75) is 13.3 Å². The normalized spacial score (nSPS) is 10.5. The molecule has 148 valence electrons. The first-order valence-corrected chi connectivity index (χ1v) is 9.10. The number of H-pyrrole nitrogens is 1. The molecule has 0 unspecified atom stereocenters. The number of aryl methyl sites for hydroxylation is 1. The molecule has 0 saturated heterocycles. The van der Waals surface area contributed by atoms with Crippen LogP contribution in [-0.4, -0.2) is 40.9 Å². The molecule has 0 bridgehead atoms. The lowest BCUT2D eigenvalue weighted by Crippen LogP contribution is -2.25. The molecule has 0 saturated carbocycles. The summed E-state index contributed by atoms with van der Waals surface area (Å²) in [5.41, 5.74) is 2.71. The highest BCUT2D eigenvalue weighted by Crippen LogP contribution is 2.19. The van der Waals surface area contributed by atoms with E-state index in [1.54, 1.807) is 43.6 Å². The van der Waals surface area contributed by atoms with E-state index in [0.717, 1.165) is 12.0 Å². The number of nitrogens with one attached hydrogen (secondary N) is 2. The number of rotatable bonds is 7. The van der Waals surface area contributed by atoms with Crippen LogP contribution < -0.4 is 10.9 Å². The maximum absolute atomic E-state index is 12.8. The lowest BCUT2D eigenvalue weighted by atomic mass is 10.0. The lowest BCUT2D eigenvalue weighted by Gasteiger charge is -2.06. The van der Waals surface area contributed by atoms with Crippen LogP contribution in [0, 0.1) is 18.3 Å². The van der Waals surface area contributed by atoms with Crippen molar-refractivity contribution < 1.29 is 9.53 Å². The van der Waals surface area contributed by atoms with Gasteiger partial charge in [-0.25, -0.2) is 9.67 Å². The van der Waals surface area contributed by atoms with E-state index in [1.165, 1.54) is 10.9 Å². The number of aromatic nitrogens is 3. The van der Waals surface area contributed by atoms with Gasteiger partial charge < -0.3 is 10.1 Å². The standard InChI is InChI=1S/C21H21N5O3/c1-14-10-15(4-5-16(14)11-22)18-13-25-26(21(18)28)19-7-6-17(12-24-19)20(27)23-8-3-9-29-2/h4-7,10,12-13,25H,3,8-9H2,1-2H3,(H,23,27). The van der Waals surface area contributed by atoms with Crippen molar-refractivity contribution in [2.24, 2.45) is 0 Å². The van der Waals surface area contributed by atoms with Gasteiger partial charge >= 0.3 is 0 Å². The Labute approximate surface area is 167 Å². The predicted molar refractivity (Wildman–Crippen MR) is 108 cm³/mol. The maximum atomic E-state index is 12.8. The van der Waals surface area contributed by atoms with Crippen molar-refractivity contribution in [3.05, 3.63) is 69.8 Å². The van der Waals surface area contributed by atoms with E-state index in [4.69, 9.17) is 10.00 Å². The van der Waals surface area contributed by atoms with E-state index in [2.05, 4.69) is 21.5 Å². The minimum atomic E-state index is -0.265. The van der Waals surface area contributed by atoms with Gasteiger partial charge in [0.2, 0.25) is 0 Å². The molecule has 2 N–H and O–H groups in total. The highest BCUT2D eigenvalue weighted by atomic mass is 16.5. The molecule has 3 aromatic rings. The van der Waals surface area contributed by atoms with E-state index in [9.17, 15) is 9.59 Å². The summed E-state index contributed by atoms with van der Waals surface area (Å²) in [5, 5.41) is 14.7. The molecule has 1 amide bonds. The minimum Gasteiger partial charge on any atom is -0.385 e. The van der Waals surface area contributed by atoms with E-state index in [0.29, 0.717) is 41.2 Å². The van der Waals surface area contributed by atoms with Crippen LogP contribution in [0.1, 0.15) is 27.9 Å². The van der Waals surface area contributed by atoms with Gasteiger partial charge in [0.1, 0.15) is 0 Å². The Hall–Kier alpha value is -3.70. The number of ether oxygens (including phenoxy) is 1. The first-order valence-electron chi connectivity index (χ1n) is 9.10. The van der Waals surface area contributed by atoms with Gasteiger partial charge in [0, 0.05) is 32.7 Å². The van der Waals surface area contributed by atoms with E-state index in [1.807, 2.05) is 6.92 Å². The maximum Gasteiger partial charge on any atom is 0.280 e. The van der Waals surface area contributed by atoms with Gasteiger partial charge in [0.25, 0.3) is 11.5 Å². The number of amides is 1. The summed E-state index contributed by atoms with van der Waals surface area (Å²) in [6.45, 7) is 2.92. The number of carbonyl (C=O) groups excluding carboxylic acids is 1. The minimum absolute atomic E-state index is 0.229. The third-order valence-corrected chi connectivity index (χ3v) is 4.48. The van der Waals surface area contributed by atoms with Crippen molar-refractivity contribution in [3.63, 3.8) is 0 Å². The molecule has 8 heteroatoms. The number of aromatic amines is 1. The van der Waals surface area contributed by atoms with Crippen molar-refractivity contribution in [1.82, 2.24) is 20.1 Å². The Morgan fingerprint density at radius 3 is 2.83 bits per heavy atom. The second kappa shape index (κ2) is 8.99. The summed E-state index contributed by atoms with van der Waals surface area (Å²) in [5.74, 6) is 0.148. The third-order valence-electron chi connectivity index (χ3n) is 4.48. The lowest BCUT2D eigenvalue weighted by molar-refractivity contribution is 0.0948. The number of nitriles is 1. The fourth-order valence-electron chi connectivity index (χ4n) is 2.88. The number of hydrogen-bond acceptors (Lipinski definition) is 5. The Kier molecular flexibility index (Phi) is 6.22. The Balaban J connectivity index is 1.79. The molecule has 1 aromatic carbocycles. The molecule has 29 heavy (non-hydrogen) atoms. The topological polar surface area (TPSA) is 113 Å². The van der Waals surface area contributed by atoms with Gasteiger partial charge in [0.15, 0.2) is 5.82 Å². The molecule has 3 rings (SSSR count). The molecule has 0 atom stereocenters. The third kappa shape index (κ3) is 4.42. The molecule has 0 fully saturated rings. The Morgan fingerprint density at radius 2 is 2.17 bits per heavy atom. The molecule has 2 heterocycles. The van der Waals surface area contributed by atoms with Crippen molar-refractivity contribution >= 4 is 5.91 Å². The monoisotopic (exact) mass is 391 g/mol. The fourth-order valence-corrected chi connectivity index (χ4v) is 2.88. The molecular formula is C21H21N5O3. The summed E-state index contributed by atoms with van der Waals surface area (Å²) >= 11 is 0. The zero-order chi connectivity index (χ0) is 20.8. The fraction of sp³-hybridized carbons (Fsp3) is 0.238. The number of pyridine rings is 1. The number of methoxy groups -OCH3 is 1. The smallest absolute Gasteiger partial charge is 0.280 e. The molecule has 8 nitrogen and oxygen atoms in total. The summed E-state index contributed by atoms with van der Waals surface area (Å²) < 4.78 is 6.25. The van der Waals surface area contributed by atoms with Crippen molar-refractivity contribution in [3.8, 4) is 23.0 Å². The first kappa shape index (κ1) is 20.0. The quantitative estimate of drug-likeness (QED) is 0.600. The van der Waals surface area contributed by atoms with Crippen LogP contribution in [0.4, 0.5) is 0 Å². The van der Waals surface area contributed by atoms with Gasteiger partial charge in [-0.3, -0.25) is 14.7 Å². The van der Waals surface area contributed by atoms with Crippen molar-refractivity contribution in [1.29, 1.82) is 5.26 Å². The zero-order valence-electron chi connectivity index (χ0n) is 16.2. The summed E-state index contributed by atoms with van der Waals surface area (Å²) in [6.07, 6.45) is 3.75. The van der Waals surface area contributed by atoms with Gasteiger partial charge in [0.05, 0.1) is 22.8 Å². The number of carbonyl (C=O) groups is 1. The van der Waals surface area contributed by atoms with Crippen LogP contribution in [-0.2, 0) is 4.74 Å². The number of benzene rings is 1. The van der Waals surface area contributed by atoms with Gasteiger partial charge in [-0.1, -0.05) is 6.07 Å². The average Bonchev–Trinajstić information content (AvgIpc) is 3.12. The highest BCUT2D eigenvalue weighted by molar-refractivity contribution is 5.93. The van der Waals surface area contributed by atoms with E-state index in [-0.39, 0.29) is 11.5 Å².